The molecule has 2 amide bonds. The van der Waals surface area contributed by atoms with Gasteiger partial charge in [0.2, 0.25) is 11.8 Å². The number of nitrogens with one attached hydrogen (secondary N) is 2. The number of rotatable bonds is 11. The lowest BCUT2D eigenvalue weighted by atomic mass is 9.94. The van der Waals surface area contributed by atoms with Crippen LogP contribution in [0.1, 0.15) is 57.4 Å². The van der Waals surface area contributed by atoms with E-state index in [1.807, 2.05) is 61.5 Å². The number of amides is 2. The minimum atomic E-state index is -1.10. The Labute approximate surface area is 206 Å². The third-order valence-electron chi connectivity index (χ3n) is 6.49. The van der Waals surface area contributed by atoms with Crippen LogP contribution in [0.4, 0.5) is 0 Å². The normalized spacial score (nSPS) is 16.4. The van der Waals surface area contributed by atoms with Crippen molar-refractivity contribution in [3.8, 4) is 11.1 Å². The molecule has 3 N–H and O–H groups in total. The largest absolute Gasteiger partial charge is 0.480 e. The van der Waals surface area contributed by atoms with Crippen molar-refractivity contribution in [2.75, 3.05) is 0 Å². The number of carboxylic acids is 1. The first-order valence-electron chi connectivity index (χ1n) is 12.0. The van der Waals surface area contributed by atoms with E-state index in [9.17, 15) is 19.5 Å². The summed E-state index contributed by atoms with van der Waals surface area (Å²) in [6.07, 6.45) is 5.24. The topological polar surface area (TPSA) is 95.5 Å². The Kier molecular flexibility index (Phi) is 9.16. The van der Waals surface area contributed by atoms with Crippen LogP contribution in [0.25, 0.3) is 11.1 Å². The maximum Gasteiger partial charge on any atom is 0.326 e. The second kappa shape index (κ2) is 12.1. The maximum atomic E-state index is 13.3. The van der Waals surface area contributed by atoms with E-state index < -0.39 is 28.7 Å². The maximum absolute atomic E-state index is 13.3. The molecular weight excluding hydrogens is 448 g/mol. The Hall–Kier alpha value is -2.80. The SMILES string of the molecule is CCCC[C@H](S)C(=O)NC1(C(=O)N[C@@H](Cc2ccc(-c3ccccc3)cc2)C(=O)O)CCCC1. The fraction of sp³-hybridized carbons (Fsp3) is 0.444. The van der Waals surface area contributed by atoms with Crippen molar-refractivity contribution in [3.05, 3.63) is 60.2 Å². The number of carboxylic acid groups (broad SMARTS) is 1. The lowest BCUT2D eigenvalue weighted by Crippen LogP contribution is -2.61. The molecule has 182 valence electrons. The van der Waals surface area contributed by atoms with Gasteiger partial charge < -0.3 is 15.7 Å². The van der Waals surface area contributed by atoms with E-state index in [4.69, 9.17) is 0 Å². The second-order valence-electron chi connectivity index (χ2n) is 9.07. The lowest BCUT2D eigenvalue weighted by Gasteiger charge is -2.31. The molecule has 6 nitrogen and oxygen atoms in total. The predicted molar refractivity (Wildman–Crippen MR) is 137 cm³/mol. The van der Waals surface area contributed by atoms with Crippen molar-refractivity contribution in [1.29, 1.82) is 0 Å². The molecule has 0 heterocycles. The summed E-state index contributed by atoms with van der Waals surface area (Å²) in [7, 11) is 0. The van der Waals surface area contributed by atoms with Gasteiger partial charge in [0.15, 0.2) is 0 Å². The highest BCUT2D eigenvalue weighted by molar-refractivity contribution is 7.81. The minimum absolute atomic E-state index is 0.159. The molecule has 1 saturated carbocycles. The Morgan fingerprint density at radius 3 is 2.21 bits per heavy atom. The van der Waals surface area contributed by atoms with Crippen molar-refractivity contribution in [2.24, 2.45) is 0 Å². The van der Waals surface area contributed by atoms with Gasteiger partial charge in [0, 0.05) is 6.42 Å². The van der Waals surface area contributed by atoms with Crippen molar-refractivity contribution in [1.82, 2.24) is 10.6 Å². The highest BCUT2D eigenvalue weighted by Gasteiger charge is 2.44. The van der Waals surface area contributed by atoms with Gasteiger partial charge in [-0.2, -0.15) is 12.6 Å². The molecule has 0 bridgehead atoms. The first-order chi connectivity index (χ1) is 16.3. The van der Waals surface area contributed by atoms with Gasteiger partial charge in [-0.25, -0.2) is 4.79 Å². The average molecular weight is 483 g/mol. The van der Waals surface area contributed by atoms with Gasteiger partial charge in [-0.05, 0) is 36.0 Å². The zero-order valence-electron chi connectivity index (χ0n) is 19.6. The summed E-state index contributed by atoms with van der Waals surface area (Å²) in [6, 6.07) is 16.5. The molecule has 1 fully saturated rings. The Bertz CT molecular complexity index is 972. The number of aliphatic carboxylic acids is 1. The summed E-state index contributed by atoms with van der Waals surface area (Å²) in [5.41, 5.74) is 1.86. The molecule has 0 spiro atoms. The van der Waals surface area contributed by atoms with Crippen LogP contribution in [-0.2, 0) is 20.8 Å². The van der Waals surface area contributed by atoms with Crippen LogP contribution < -0.4 is 10.6 Å². The number of carbonyl (C=O) groups is 3. The predicted octanol–water partition coefficient (Wildman–Crippen LogP) is 4.38. The van der Waals surface area contributed by atoms with Crippen molar-refractivity contribution < 1.29 is 19.5 Å². The van der Waals surface area contributed by atoms with Gasteiger partial charge in [-0.1, -0.05) is 87.2 Å². The van der Waals surface area contributed by atoms with Crippen LogP contribution in [0.15, 0.2) is 54.6 Å². The van der Waals surface area contributed by atoms with Crippen molar-refractivity contribution in [2.45, 2.75) is 75.1 Å². The van der Waals surface area contributed by atoms with Crippen LogP contribution in [0, 0.1) is 0 Å². The molecular formula is C27H34N2O4S. The van der Waals surface area contributed by atoms with Gasteiger partial charge >= 0.3 is 5.97 Å². The molecule has 34 heavy (non-hydrogen) atoms. The highest BCUT2D eigenvalue weighted by Crippen LogP contribution is 2.31. The molecule has 1 aliphatic carbocycles. The Balaban J connectivity index is 1.68. The minimum Gasteiger partial charge on any atom is -0.480 e. The zero-order valence-corrected chi connectivity index (χ0v) is 20.5. The van der Waals surface area contributed by atoms with Gasteiger partial charge in [-0.15, -0.1) is 0 Å². The molecule has 3 rings (SSSR count). The van der Waals surface area contributed by atoms with Crippen LogP contribution in [0.5, 0.6) is 0 Å². The Morgan fingerprint density at radius 2 is 1.62 bits per heavy atom. The third-order valence-corrected chi connectivity index (χ3v) is 6.99. The molecule has 2 aromatic carbocycles. The van der Waals surface area contributed by atoms with Gasteiger partial charge in [0.1, 0.15) is 11.6 Å². The average Bonchev–Trinajstić information content (AvgIpc) is 3.32. The Morgan fingerprint density at radius 1 is 1.00 bits per heavy atom. The smallest absolute Gasteiger partial charge is 0.326 e. The van der Waals surface area contributed by atoms with E-state index in [-0.39, 0.29) is 12.3 Å². The second-order valence-corrected chi connectivity index (χ2v) is 9.69. The fourth-order valence-corrected chi connectivity index (χ4v) is 4.68. The van der Waals surface area contributed by atoms with Gasteiger partial charge in [0.25, 0.3) is 0 Å². The third kappa shape index (κ3) is 6.63. The monoisotopic (exact) mass is 482 g/mol. The summed E-state index contributed by atoms with van der Waals surface area (Å²) in [5.74, 6) is -1.80. The van der Waals surface area contributed by atoms with Crippen LogP contribution >= 0.6 is 12.6 Å². The first-order valence-corrected chi connectivity index (χ1v) is 12.5. The molecule has 0 radical (unpaired) electrons. The number of hydrogen-bond acceptors (Lipinski definition) is 4. The fourth-order valence-electron chi connectivity index (χ4n) is 4.43. The molecule has 0 unspecified atom stereocenters. The van der Waals surface area contributed by atoms with Crippen LogP contribution in [-0.4, -0.2) is 39.7 Å². The summed E-state index contributed by atoms with van der Waals surface area (Å²) in [4.78, 5) is 37.9. The van der Waals surface area contributed by atoms with E-state index >= 15 is 0 Å². The standard InChI is InChI=1S/C27H34N2O4S/c1-2-3-11-23(34)24(30)29-27(16-7-8-17-27)26(33)28-22(25(31)32)18-19-12-14-21(15-13-19)20-9-5-4-6-10-20/h4-6,9-10,12-15,22-23,34H,2-3,7-8,11,16-18H2,1H3,(H,28,33)(H,29,30)(H,31,32)/t22-,23-/m0/s1. The van der Waals surface area contributed by atoms with E-state index in [2.05, 4.69) is 23.3 Å². The lowest BCUT2D eigenvalue weighted by molar-refractivity contribution is -0.143. The van der Waals surface area contributed by atoms with Crippen LogP contribution in [0.3, 0.4) is 0 Å². The zero-order chi connectivity index (χ0) is 24.6. The number of thiol groups is 1. The molecule has 0 aromatic heterocycles. The summed E-state index contributed by atoms with van der Waals surface area (Å²) in [6.45, 7) is 2.05. The number of benzene rings is 2. The highest BCUT2D eigenvalue weighted by atomic mass is 32.1. The molecule has 1 aliphatic rings. The quantitative estimate of drug-likeness (QED) is 0.358. The first kappa shape index (κ1) is 25.8. The van der Waals surface area contributed by atoms with Crippen molar-refractivity contribution in [3.63, 3.8) is 0 Å². The van der Waals surface area contributed by atoms with E-state index in [1.165, 1.54) is 0 Å². The van der Waals surface area contributed by atoms with Crippen LogP contribution in [0.2, 0.25) is 0 Å². The summed E-state index contributed by atoms with van der Waals surface area (Å²) < 4.78 is 0. The molecule has 2 atom stereocenters. The molecule has 7 heteroatoms. The van der Waals surface area contributed by atoms with Gasteiger partial charge in [0.05, 0.1) is 5.25 Å². The summed E-state index contributed by atoms with van der Waals surface area (Å²) in [5, 5.41) is 14.9. The van der Waals surface area contributed by atoms with Crippen molar-refractivity contribution >= 4 is 30.4 Å². The van der Waals surface area contributed by atoms with Gasteiger partial charge in [-0.3, -0.25) is 9.59 Å². The molecule has 2 aromatic rings. The number of carbonyl (C=O) groups excluding carboxylic acids is 2. The molecule has 0 saturated heterocycles. The van der Waals surface area contributed by atoms with E-state index in [1.54, 1.807) is 0 Å². The number of hydrogen-bond donors (Lipinski definition) is 4. The number of unbranched alkanes of at least 4 members (excludes halogenated alkanes) is 1. The van der Waals surface area contributed by atoms with E-state index in [0.29, 0.717) is 19.3 Å². The molecule has 0 aliphatic heterocycles. The van der Waals surface area contributed by atoms with E-state index in [0.717, 1.165) is 42.4 Å². The summed E-state index contributed by atoms with van der Waals surface area (Å²) >= 11 is 4.40.